The van der Waals surface area contributed by atoms with Crippen molar-refractivity contribution in [3.63, 3.8) is 0 Å². The fraction of sp³-hybridized carbons (Fsp3) is 1.00. The molecule has 0 aliphatic heterocycles. The van der Waals surface area contributed by atoms with E-state index in [1.54, 1.807) is 0 Å². The molecule has 0 aromatic rings. The SMILES string of the molecule is CC(C)[C@@H](CO)NCC(F)F. The molecule has 0 saturated carbocycles. The number of nitrogens with one attached hydrogen (secondary N) is 1. The van der Waals surface area contributed by atoms with Gasteiger partial charge in [-0.25, -0.2) is 8.78 Å². The number of halogens is 2. The van der Waals surface area contributed by atoms with E-state index in [2.05, 4.69) is 5.32 Å². The number of aliphatic hydroxyl groups is 1. The topological polar surface area (TPSA) is 32.3 Å². The normalized spacial score (nSPS) is 14.5. The van der Waals surface area contributed by atoms with Crippen molar-refractivity contribution in [1.29, 1.82) is 0 Å². The highest BCUT2D eigenvalue weighted by molar-refractivity contribution is 4.68. The zero-order valence-electron chi connectivity index (χ0n) is 6.85. The zero-order chi connectivity index (χ0) is 8.85. The molecule has 0 aromatic carbocycles. The van der Waals surface area contributed by atoms with Crippen molar-refractivity contribution in [3.8, 4) is 0 Å². The third-order valence-electron chi connectivity index (χ3n) is 1.54. The number of rotatable bonds is 5. The van der Waals surface area contributed by atoms with Crippen LogP contribution in [0.3, 0.4) is 0 Å². The van der Waals surface area contributed by atoms with Crippen molar-refractivity contribution in [1.82, 2.24) is 5.32 Å². The summed E-state index contributed by atoms with van der Waals surface area (Å²) in [5, 5.41) is 11.3. The molecule has 0 bridgehead atoms. The van der Waals surface area contributed by atoms with Crippen LogP contribution in [-0.2, 0) is 0 Å². The van der Waals surface area contributed by atoms with Crippen LogP contribution in [-0.4, -0.2) is 30.7 Å². The first-order valence-electron chi connectivity index (χ1n) is 3.70. The number of alkyl halides is 2. The largest absolute Gasteiger partial charge is 0.395 e. The highest BCUT2D eigenvalue weighted by Crippen LogP contribution is 2.00. The van der Waals surface area contributed by atoms with Crippen molar-refractivity contribution in [2.75, 3.05) is 13.2 Å². The third-order valence-corrected chi connectivity index (χ3v) is 1.54. The summed E-state index contributed by atoms with van der Waals surface area (Å²) in [6, 6.07) is -0.219. The van der Waals surface area contributed by atoms with Gasteiger partial charge in [0.2, 0.25) is 0 Å². The number of aliphatic hydroxyl groups excluding tert-OH is 1. The molecular formula is C7H15F2NO. The molecule has 0 radical (unpaired) electrons. The van der Waals surface area contributed by atoms with Gasteiger partial charge < -0.3 is 10.4 Å². The van der Waals surface area contributed by atoms with Gasteiger partial charge >= 0.3 is 0 Å². The quantitative estimate of drug-likeness (QED) is 0.636. The minimum atomic E-state index is -2.34. The molecule has 0 amide bonds. The van der Waals surface area contributed by atoms with Crippen LogP contribution in [0.15, 0.2) is 0 Å². The smallest absolute Gasteiger partial charge is 0.250 e. The predicted octanol–water partition coefficient (Wildman–Crippen LogP) is 0.858. The van der Waals surface area contributed by atoms with E-state index in [1.165, 1.54) is 0 Å². The van der Waals surface area contributed by atoms with Crippen molar-refractivity contribution in [3.05, 3.63) is 0 Å². The van der Waals surface area contributed by atoms with Crippen LogP contribution in [0.25, 0.3) is 0 Å². The van der Waals surface area contributed by atoms with Gasteiger partial charge in [0.15, 0.2) is 0 Å². The minimum absolute atomic E-state index is 0.0929. The fourth-order valence-corrected chi connectivity index (χ4v) is 0.752. The minimum Gasteiger partial charge on any atom is -0.395 e. The van der Waals surface area contributed by atoms with Crippen molar-refractivity contribution < 1.29 is 13.9 Å². The maximum absolute atomic E-state index is 11.7. The van der Waals surface area contributed by atoms with Crippen LogP contribution < -0.4 is 5.32 Å². The van der Waals surface area contributed by atoms with Gasteiger partial charge in [0.25, 0.3) is 6.43 Å². The molecule has 0 spiro atoms. The summed E-state index contributed by atoms with van der Waals surface area (Å²) in [6.45, 7) is 3.31. The van der Waals surface area contributed by atoms with Gasteiger partial charge in [0.05, 0.1) is 13.2 Å². The monoisotopic (exact) mass is 167 g/mol. The van der Waals surface area contributed by atoms with Crippen LogP contribution in [0.4, 0.5) is 8.78 Å². The highest BCUT2D eigenvalue weighted by atomic mass is 19.3. The van der Waals surface area contributed by atoms with Crippen LogP contribution >= 0.6 is 0 Å². The summed E-state index contributed by atoms with van der Waals surface area (Å²) >= 11 is 0. The lowest BCUT2D eigenvalue weighted by atomic mass is 10.1. The predicted molar refractivity (Wildman–Crippen MR) is 39.7 cm³/mol. The molecule has 0 saturated heterocycles. The molecular weight excluding hydrogens is 152 g/mol. The maximum atomic E-state index is 11.7. The molecule has 11 heavy (non-hydrogen) atoms. The summed E-state index contributed by atoms with van der Waals surface area (Å²) in [5.41, 5.74) is 0. The van der Waals surface area contributed by atoms with E-state index in [-0.39, 0.29) is 25.1 Å². The summed E-state index contributed by atoms with van der Waals surface area (Å²) in [6.07, 6.45) is -2.34. The van der Waals surface area contributed by atoms with E-state index in [0.29, 0.717) is 0 Å². The Morgan fingerprint density at radius 3 is 2.18 bits per heavy atom. The third kappa shape index (κ3) is 5.09. The Morgan fingerprint density at radius 1 is 1.36 bits per heavy atom. The molecule has 0 heterocycles. The zero-order valence-corrected chi connectivity index (χ0v) is 6.85. The summed E-state index contributed by atoms with van der Waals surface area (Å²) in [5.74, 6) is 0.179. The van der Waals surface area contributed by atoms with Gasteiger partial charge in [-0.05, 0) is 5.92 Å². The van der Waals surface area contributed by atoms with Gasteiger partial charge in [-0.2, -0.15) is 0 Å². The van der Waals surface area contributed by atoms with E-state index in [1.807, 2.05) is 13.8 Å². The molecule has 0 aliphatic carbocycles. The molecule has 0 aliphatic rings. The molecule has 68 valence electrons. The van der Waals surface area contributed by atoms with Crippen LogP contribution in [0, 0.1) is 5.92 Å². The molecule has 0 rings (SSSR count). The van der Waals surface area contributed by atoms with E-state index in [4.69, 9.17) is 5.11 Å². The molecule has 0 unspecified atom stereocenters. The standard InChI is InChI=1S/C7H15F2NO/c1-5(2)6(4-11)10-3-7(8)9/h5-7,10-11H,3-4H2,1-2H3/t6-/m1/s1. The number of hydrogen-bond donors (Lipinski definition) is 2. The van der Waals surface area contributed by atoms with Crippen molar-refractivity contribution in [2.45, 2.75) is 26.3 Å². The lowest BCUT2D eigenvalue weighted by molar-refractivity contribution is 0.126. The van der Waals surface area contributed by atoms with Crippen molar-refractivity contribution in [2.24, 2.45) is 5.92 Å². The van der Waals surface area contributed by atoms with Crippen LogP contribution in [0.5, 0.6) is 0 Å². The van der Waals surface area contributed by atoms with Crippen LogP contribution in [0.2, 0.25) is 0 Å². The number of hydrogen-bond acceptors (Lipinski definition) is 2. The van der Waals surface area contributed by atoms with Gasteiger partial charge in [-0.15, -0.1) is 0 Å². The highest BCUT2D eigenvalue weighted by Gasteiger charge is 2.12. The Morgan fingerprint density at radius 2 is 1.91 bits per heavy atom. The maximum Gasteiger partial charge on any atom is 0.250 e. The molecule has 0 fully saturated rings. The van der Waals surface area contributed by atoms with E-state index < -0.39 is 6.43 Å². The summed E-state index contributed by atoms with van der Waals surface area (Å²) in [7, 11) is 0. The van der Waals surface area contributed by atoms with E-state index in [0.717, 1.165) is 0 Å². The molecule has 0 aromatic heterocycles. The van der Waals surface area contributed by atoms with E-state index in [9.17, 15) is 8.78 Å². The molecule has 2 nitrogen and oxygen atoms in total. The summed E-state index contributed by atoms with van der Waals surface area (Å²) in [4.78, 5) is 0. The van der Waals surface area contributed by atoms with Gasteiger partial charge in [-0.1, -0.05) is 13.8 Å². The molecule has 2 N–H and O–H groups in total. The molecule has 4 heteroatoms. The Hall–Kier alpha value is -0.220. The van der Waals surface area contributed by atoms with E-state index >= 15 is 0 Å². The average Bonchev–Trinajstić information content (AvgIpc) is 1.87. The second kappa shape index (κ2) is 5.43. The first kappa shape index (κ1) is 10.8. The molecule has 1 atom stereocenters. The second-order valence-corrected chi connectivity index (χ2v) is 2.83. The Labute approximate surface area is 65.6 Å². The Bertz CT molecular complexity index is 98.4. The van der Waals surface area contributed by atoms with Gasteiger partial charge in [0, 0.05) is 6.04 Å². The Balaban J connectivity index is 3.52. The first-order chi connectivity index (χ1) is 5.07. The van der Waals surface area contributed by atoms with Crippen LogP contribution in [0.1, 0.15) is 13.8 Å². The lowest BCUT2D eigenvalue weighted by Crippen LogP contribution is -2.39. The summed E-state index contributed by atoms with van der Waals surface area (Å²) < 4.78 is 23.3. The van der Waals surface area contributed by atoms with Crippen molar-refractivity contribution >= 4 is 0 Å². The second-order valence-electron chi connectivity index (χ2n) is 2.83. The fourth-order valence-electron chi connectivity index (χ4n) is 0.752. The lowest BCUT2D eigenvalue weighted by Gasteiger charge is -2.19. The first-order valence-corrected chi connectivity index (χ1v) is 3.70. The Kier molecular flexibility index (Phi) is 5.32. The average molecular weight is 167 g/mol. The van der Waals surface area contributed by atoms with Gasteiger partial charge in [-0.3, -0.25) is 0 Å². The van der Waals surface area contributed by atoms with Gasteiger partial charge in [0.1, 0.15) is 0 Å².